The quantitative estimate of drug-likeness (QED) is 0.436. The molecule has 1 amide bonds. The fourth-order valence-corrected chi connectivity index (χ4v) is 2.30. The zero-order chi connectivity index (χ0) is 18.4. The highest BCUT2D eigenvalue weighted by molar-refractivity contribution is 6.12. The first-order valence-electron chi connectivity index (χ1n) is 7.74. The molecule has 0 fully saturated rings. The highest BCUT2D eigenvalue weighted by Gasteiger charge is 2.13. The first-order valence-corrected chi connectivity index (χ1v) is 7.74. The summed E-state index contributed by atoms with van der Waals surface area (Å²) in [5.74, 6) is -0.543. The Labute approximate surface area is 149 Å². The molecule has 0 aliphatic rings. The lowest BCUT2D eigenvalue weighted by molar-refractivity contribution is -0.384. The minimum absolute atomic E-state index is 0.149. The zero-order valence-corrected chi connectivity index (χ0v) is 13.6. The van der Waals surface area contributed by atoms with Gasteiger partial charge in [0, 0.05) is 29.5 Å². The van der Waals surface area contributed by atoms with Crippen LogP contribution in [0.1, 0.15) is 21.6 Å². The minimum Gasteiger partial charge on any atom is -0.267 e. The molecule has 1 N–H and O–H groups in total. The molecule has 128 valence electrons. The van der Waals surface area contributed by atoms with Crippen LogP contribution in [0.5, 0.6) is 0 Å². The Kier molecular flexibility index (Phi) is 5.09. The fraction of sp³-hybridized carbons (Fsp3) is 0. The normalized spacial score (nSPS) is 11.0. The van der Waals surface area contributed by atoms with E-state index in [0.29, 0.717) is 11.4 Å². The smallest absolute Gasteiger partial charge is 0.267 e. The van der Waals surface area contributed by atoms with E-state index in [-0.39, 0.29) is 11.3 Å². The van der Waals surface area contributed by atoms with Crippen LogP contribution < -0.4 is 5.43 Å². The van der Waals surface area contributed by atoms with E-state index < -0.39 is 10.8 Å². The number of aromatic nitrogens is 1. The average Bonchev–Trinajstić information content (AvgIpc) is 2.69. The maximum atomic E-state index is 12.3. The van der Waals surface area contributed by atoms with Crippen LogP contribution in [-0.2, 0) is 0 Å². The molecule has 0 aliphatic carbocycles. The van der Waals surface area contributed by atoms with Gasteiger partial charge in [-0.05, 0) is 18.2 Å². The van der Waals surface area contributed by atoms with Crippen molar-refractivity contribution in [1.82, 2.24) is 10.4 Å². The van der Waals surface area contributed by atoms with Crippen LogP contribution >= 0.6 is 0 Å². The molecule has 0 saturated heterocycles. The van der Waals surface area contributed by atoms with Crippen molar-refractivity contribution in [1.29, 1.82) is 0 Å². The summed E-state index contributed by atoms with van der Waals surface area (Å²) in [5.41, 5.74) is 4.31. The van der Waals surface area contributed by atoms with Gasteiger partial charge in [0.15, 0.2) is 0 Å². The second kappa shape index (κ2) is 7.80. The van der Waals surface area contributed by atoms with Crippen molar-refractivity contribution in [3.05, 3.63) is 106 Å². The summed E-state index contributed by atoms with van der Waals surface area (Å²) in [6.07, 6.45) is 1.64. The number of non-ortho nitro benzene ring substituents is 1. The van der Waals surface area contributed by atoms with E-state index in [1.807, 2.05) is 36.4 Å². The summed E-state index contributed by atoms with van der Waals surface area (Å²) in [6, 6.07) is 20.2. The number of pyridine rings is 1. The molecule has 0 spiro atoms. The Bertz CT molecular complexity index is 915. The highest BCUT2D eigenvalue weighted by atomic mass is 16.6. The molecule has 1 heterocycles. The first kappa shape index (κ1) is 17.0. The van der Waals surface area contributed by atoms with Gasteiger partial charge < -0.3 is 0 Å². The van der Waals surface area contributed by atoms with Crippen LogP contribution in [0.25, 0.3) is 0 Å². The summed E-state index contributed by atoms with van der Waals surface area (Å²) in [5, 5.41) is 15.0. The third-order valence-corrected chi connectivity index (χ3v) is 3.54. The summed E-state index contributed by atoms with van der Waals surface area (Å²) >= 11 is 0. The number of nitro groups is 1. The summed E-state index contributed by atoms with van der Waals surface area (Å²) < 4.78 is 0. The van der Waals surface area contributed by atoms with E-state index in [2.05, 4.69) is 15.5 Å². The lowest BCUT2D eigenvalue weighted by Crippen LogP contribution is -2.21. The van der Waals surface area contributed by atoms with Crippen LogP contribution in [0.15, 0.2) is 84.1 Å². The first-order chi connectivity index (χ1) is 12.6. The standard InChI is InChI=1S/C19H14N4O3/c24-19(15-9-6-10-16(13-15)23(25)26)22-21-18(14-7-2-1-3-8-14)17-11-4-5-12-20-17/h1-13H,(H,22,24)/b21-18-. The number of nitrogens with zero attached hydrogens (tertiary/aromatic N) is 3. The Hall–Kier alpha value is -3.87. The van der Waals surface area contributed by atoms with E-state index in [1.54, 1.807) is 18.3 Å². The molecule has 1 aromatic heterocycles. The number of nitro benzene ring substituents is 1. The second-order valence-electron chi connectivity index (χ2n) is 5.29. The van der Waals surface area contributed by atoms with Gasteiger partial charge in [0.1, 0.15) is 5.71 Å². The van der Waals surface area contributed by atoms with E-state index >= 15 is 0 Å². The Morgan fingerprint density at radius 2 is 1.69 bits per heavy atom. The molecule has 7 nitrogen and oxygen atoms in total. The Morgan fingerprint density at radius 1 is 0.962 bits per heavy atom. The third kappa shape index (κ3) is 3.96. The molecule has 0 bridgehead atoms. The fourth-order valence-electron chi connectivity index (χ4n) is 2.30. The van der Waals surface area contributed by atoms with Crippen molar-refractivity contribution in [3.8, 4) is 0 Å². The van der Waals surface area contributed by atoms with Crippen LogP contribution in [0.2, 0.25) is 0 Å². The minimum atomic E-state index is -0.552. The highest BCUT2D eigenvalue weighted by Crippen LogP contribution is 2.13. The molecular weight excluding hydrogens is 332 g/mol. The maximum Gasteiger partial charge on any atom is 0.271 e. The van der Waals surface area contributed by atoms with E-state index in [4.69, 9.17) is 0 Å². The van der Waals surface area contributed by atoms with E-state index in [1.165, 1.54) is 24.3 Å². The van der Waals surface area contributed by atoms with Crippen LogP contribution in [-0.4, -0.2) is 21.5 Å². The molecule has 0 unspecified atom stereocenters. The van der Waals surface area contributed by atoms with Crippen LogP contribution in [0.4, 0.5) is 5.69 Å². The van der Waals surface area contributed by atoms with Gasteiger partial charge in [-0.1, -0.05) is 42.5 Å². The van der Waals surface area contributed by atoms with E-state index in [0.717, 1.165) is 5.56 Å². The van der Waals surface area contributed by atoms with Crippen molar-refractivity contribution >= 4 is 17.3 Å². The van der Waals surface area contributed by atoms with Gasteiger partial charge in [-0.25, -0.2) is 5.43 Å². The number of rotatable bonds is 5. The number of nitrogens with one attached hydrogen (secondary N) is 1. The number of benzene rings is 2. The molecule has 3 rings (SSSR count). The van der Waals surface area contributed by atoms with Gasteiger partial charge >= 0.3 is 0 Å². The monoisotopic (exact) mass is 346 g/mol. The molecule has 0 atom stereocenters. The van der Waals surface area contributed by atoms with Crippen molar-refractivity contribution < 1.29 is 9.72 Å². The molecular formula is C19H14N4O3. The van der Waals surface area contributed by atoms with Gasteiger partial charge in [-0.3, -0.25) is 19.9 Å². The SMILES string of the molecule is O=C(N/N=C(/c1ccccc1)c1ccccn1)c1cccc([N+](=O)[O-])c1. The molecule has 0 radical (unpaired) electrons. The molecule has 0 saturated carbocycles. The molecule has 0 aliphatic heterocycles. The van der Waals surface area contributed by atoms with Gasteiger partial charge in [-0.2, -0.15) is 5.10 Å². The van der Waals surface area contributed by atoms with Gasteiger partial charge in [-0.15, -0.1) is 0 Å². The molecule has 7 heteroatoms. The number of hydrogen-bond acceptors (Lipinski definition) is 5. The summed E-state index contributed by atoms with van der Waals surface area (Å²) in [4.78, 5) is 26.9. The molecule has 2 aromatic carbocycles. The third-order valence-electron chi connectivity index (χ3n) is 3.54. The topological polar surface area (TPSA) is 97.5 Å². The molecule has 3 aromatic rings. The van der Waals surface area contributed by atoms with Crippen molar-refractivity contribution in [2.45, 2.75) is 0 Å². The Balaban J connectivity index is 1.91. The number of carbonyl (C=O) groups is 1. The zero-order valence-electron chi connectivity index (χ0n) is 13.6. The second-order valence-corrected chi connectivity index (χ2v) is 5.29. The summed E-state index contributed by atoms with van der Waals surface area (Å²) in [6.45, 7) is 0. The average molecular weight is 346 g/mol. The predicted molar refractivity (Wildman–Crippen MR) is 96.9 cm³/mol. The van der Waals surface area contributed by atoms with Crippen molar-refractivity contribution in [3.63, 3.8) is 0 Å². The van der Waals surface area contributed by atoms with Crippen LogP contribution in [0, 0.1) is 10.1 Å². The number of hydrazone groups is 1. The number of hydrogen-bond donors (Lipinski definition) is 1. The van der Waals surface area contributed by atoms with Gasteiger partial charge in [0.25, 0.3) is 11.6 Å². The molecule has 26 heavy (non-hydrogen) atoms. The predicted octanol–water partition coefficient (Wildman–Crippen LogP) is 3.17. The van der Waals surface area contributed by atoms with Crippen LogP contribution in [0.3, 0.4) is 0 Å². The largest absolute Gasteiger partial charge is 0.271 e. The van der Waals surface area contributed by atoms with Gasteiger partial charge in [0.05, 0.1) is 10.6 Å². The summed E-state index contributed by atoms with van der Waals surface area (Å²) in [7, 11) is 0. The lowest BCUT2D eigenvalue weighted by Gasteiger charge is -2.07. The lowest BCUT2D eigenvalue weighted by atomic mass is 10.1. The van der Waals surface area contributed by atoms with E-state index in [9.17, 15) is 14.9 Å². The maximum absolute atomic E-state index is 12.3. The van der Waals surface area contributed by atoms with Crippen molar-refractivity contribution in [2.75, 3.05) is 0 Å². The Morgan fingerprint density at radius 3 is 2.38 bits per heavy atom. The number of carbonyl (C=O) groups excluding carboxylic acids is 1. The number of amides is 1. The van der Waals surface area contributed by atoms with Gasteiger partial charge in [0.2, 0.25) is 0 Å². The van der Waals surface area contributed by atoms with Crippen molar-refractivity contribution in [2.24, 2.45) is 5.10 Å².